The van der Waals surface area contributed by atoms with Crippen LogP contribution in [-0.2, 0) is 4.74 Å². The van der Waals surface area contributed by atoms with E-state index in [1.165, 1.54) is 0 Å². The van der Waals surface area contributed by atoms with E-state index in [4.69, 9.17) is 4.74 Å². The van der Waals surface area contributed by atoms with Gasteiger partial charge < -0.3 is 4.74 Å². The number of rotatable bonds is 0. The number of nitrogens with zero attached hydrogens (tertiary/aromatic N) is 2. The molecule has 10 heavy (non-hydrogen) atoms. The first kappa shape index (κ1) is 6.58. The van der Waals surface area contributed by atoms with E-state index in [-0.39, 0.29) is 5.72 Å². The molecule has 2 fully saturated rings. The predicted molar refractivity (Wildman–Crippen MR) is 38.8 cm³/mol. The van der Waals surface area contributed by atoms with Crippen LogP contribution in [0.5, 0.6) is 0 Å². The zero-order valence-corrected chi connectivity index (χ0v) is 6.63. The topological polar surface area (TPSA) is 15.7 Å². The van der Waals surface area contributed by atoms with Crippen molar-refractivity contribution in [2.75, 3.05) is 40.3 Å². The van der Waals surface area contributed by atoms with E-state index in [0.717, 1.165) is 26.2 Å². The van der Waals surface area contributed by atoms with Crippen molar-refractivity contribution in [1.29, 1.82) is 0 Å². The Labute approximate surface area is 61.6 Å². The molecule has 0 aromatic carbocycles. The maximum Gasteiger partial charge on any atom is 0.147 e. The maximum atomic E-state index is 5.64. The minimum absolute atomic E-state index is 0.106. The minimum atomic E-state index is 0.106. The van der Waals surface area contributed by atoms with Gasteiger partial charge in [-0.1, -0.05) is 0 Å². The van der Waals surface area contributed by atoms with Crippen LogP contribution in [0.25, 0.3) is 0 Å². The smallest absolute Gasteiger partial charge is 0.147 e. The van der Waals surface area contributed by atoms with E-state index >= 15 is 0 Å². The molecule has 0 bridgehead atoms. The van der Waals surface area contributed by atoms with E-state index in [9.17, 15) is 0 Å². The molecule has 2 aliphatic heterocycles. The molecule has 1 spiro atoms. The van der Waals surface area contributed by atoms with Crippen molar-refractivity contribution in [3.63, 3.8) is 0 Å². The lowest BCUT2D eigenvalue weighted by Gasteiger charge is -2.48. The van der Waals surface area contributed by atoms with Gasteiger partial charge in [0.15, 0.2) is 0 Å². The molecule has 3 nitrogen and oxygen atoms in total. The number of ether oxygens (including phenoxy) is 1. The summed E-state index contributed by atoms with van der Waals surface area (Å²) in [5.74, 6) is 0. The Balaban J connectivity index is 2.03. The van der Waals surface area contributed by atoms with Crippen LogP contribution in [0.3, 0.4) is 0 Å². The molecule has 2 saturated heterocycles. The van der Waals surface area contributed by atoms with Crippen LogP contribution in [0.1, 0.15) is 0 Å². The Morgan fingerprint density at radius 3 is 2.40 bits per heavy atom. The highest BCUT2D eigenvalue weighted by atomic mass is 16.5. The van der Waals surface area contributed by atoms with Crippen molar-refractivity contribution < 1.29 is 4.74 Å². The summed E-state index contributed by atoms with van der Waals surface area (Å²) in [5, 5.41) is 0. The van der Waals surface area contributed by atoms with E-state index in [1.807, 2.05) is 0 Å². The van der Waals surface area contributed by atoms with Gasteiger partial charge in [0.25, 0.3) is 0 Å². The number of hydrogen-bond donors (Lipinski definition) is 0. The molecule has 58 valence electrons. The maximum absolute atomic E-state index is 5.64. The molecule has 0 atom stereocenters. The van der Waals surface area contributed by atoms with Crippen LogP contribution < -0.4 is 0 Å². The van der Waals surface area contributed by atoms with Crippen LogP contribution in [0, 0.1) is 0 Å². The summed E-state index contributed by atoms with van der Waals surface area (Å²) in [6.07, 6.45) is 0. The van der Waals surface area contributed by atoms with Gasteiger partial charge in [-0.15, -0.1) is 0 Å². The molecular formula is C7H14N2O. The third kappa shape index (κ3) is 0.713. The lowest BCUT2D eigenvalue weighted by atomic mass is 10.1. The molecule has 0 unspecified atom stereocenters. The van der Waals surface area contributed by atoms with Crippen LogP contribution in [-0.4, -0.2) is 55.9 Å². The second kappa shape index (κ2) is 1.94. The number of likely N-dealkylation sites (N-methyl/N-ethyl adjacent to an activating group) is 2. The zero-order valence-electron chi connectivity index (χ0n) is 6.63. The average molecular weight is 142 g/mol. The highest BCUT2D eigenvalue weighted by Crippen LogP contribution is 2.30. The normalized spacial score (nSPS) is 33.0. The SMILES string of the molecule is CN1CC2(C1)OCCN2C. The summed E-state index contributed by atoms with van der Waals surface area (Å²) in [6, 6.07) is 0. The first-order valence-corrected chi connectivity index (χ1v) is 3.77. The minimum Gasteiger partial charge on any atom is -0.356 e. The van der Waals surface area contributed by atoms with Gasteiger partial charge in [-0.25, -0.2) is 0 Å². The second-order valence-corrected chi connectivity index (χ2v) is 3.39. The van der Waals surface area contributed by atoms with Crippen LogP contribution >= 0.6 is 0 Å². The van der Waals surface area contributed by atoms with Crippen LogP contribution in [0.4, 0.5) is 0 Å². The van der Waals surface area contributed by atoms with Gasteiger partial charge in [0.2, 0.25) is 0 Å². The average Bonchev–Trinajstić information content (AvgIpc) is 2.12. The number of likely N-dealkylation sites (tertiary alicyclic amines) is 1. The summed E-state index contributed by atoms with van der Waals surface area (Å²) >= 11 is 0. The van der Waals surface area contributed by atoms with E-state index in [0.29, 0.717) is 0 Å². The summed E-state index contributed by atoms with van der Waals surface area (Å²) in [7, 11) is 4.26. The Morgan fingerprint density at radius 2 is 2.00 bits per heavy atom. The Hall–Kier alpha value is -0.120. The molecular weight excluding hydrogens is 128 g/mol. The molecule has 0 radical (unpaired) electrons. The molecule has 0 saturated carbocycles. The van der Waals surface area contributed by atoms with Gasteiger partial charge in [0.05, 0.1) is 6.61 Å². The van der Waals surface area contributed by atoms with E-state index in [1.54, 1.807) is 0 Å². The third-order valence-corrected chi connectivity index (χ3v) is 2.53. The van der Waals surface area contributed by atoms with Gasteiger partial charge in [-0.3, -0.25) is 9.80 Å². The van der Waals surface area contributed by atoms with Gasteiger partial charge >= 0.3 is 0 Å². The quantitative estimate of drug-likeness (QED) is 0.457. The van der Waals surface area contributed by atoms with Crippen molar-refractivity contribution in [3.05, 3.63) is 0 Å². The molecule has 2 aliphatic rings. The molecule has 2 rings (SSSR count). The fourth-order valence-corrected chi connectivity index (χ4v) is 1.82. The van der Waals surface area contributed by atoms with Gasteiger partial charge in [0, 0.05) is 19.6 Å². The van der Waals surface area contributed by atoms with Gasteiger partial charge in [-0.05, 0) is 14.1 Å². The summed E-state index contributed by atoms with van der Waals surface area (Å²) < 4.78 is 5.64. The Kier molecular flexibility index (Phi) is 1.27. The lowest BCUT2D eigenvalue weighted by Crippen LogP contribution is -2.66. The molecule has 0 amide bonds. The van der Waals surface area contributed by atoms with E-state index in [2.05, 4.69) is 23.9 Å². The zero-order chi connectivity index (χ0) is 7.19. The van der Waals surface area contributed by atoms with Crippen molar-refractivity contribution in [2.45, 2.75) is 5.72 Å². The predicted octanol–water partition coefficient (Wildman–Crippen LogP) is -0.410. The van der Waals surface area contributed by atoms with Crippen molar-refractivity contribution >= 4 is 0 Å². The third-order valence-electron chi connectivity index (χ3n) is 2.53. The first-order valence-electron chi connectivity index (χ1n) is 3.77. The fraction of sp³-hybridized carbons (Fsp3) is 1.00. The van der Waals surface area contributed by atoms with Gasteiger partial charge in [-0.2, -0.15) is 0 Å². The monoisotopic (exact) mass is 142 g/mol. The van der Waals surface area contributed by atoms with Crippen LogP contribution in [0.15, 0.2) is 0 Å². The second-order valence-electron chi connectivity index (χ2n) is 3.39. The summed E-state index contributed by atoms with van der Waals surface area (Å²) in [6.45, 7) is 4.14. The molecule has 2 heterocycles. The standard InChI is InChI=1S/C7H14N2O/c1-8-5-7(6-8)9(2)3-4-10-7/h3-6H2,1-2H3. The van der Waals surface area contributed by atoms with Crippen molar-refractivity contribution in [2.24, 2.45) is 0 Å². The Morgan fingerprint density at radius 1 is 1.30 bits per heavy atom. The summed E-state index contributed by atoms with van der Waals surface area (Å²) in [5.41, 5.74) is 0.106. The van der Waals surface area contributed by atoms with Crippen molar-refractivity contribution in [1.82, 2.24) is 9.80 Å². The van der Waals surface area contributed by atoms with E-state index < -0.39 is 0 Å². The molecule has 0 aliphatic carbocycles. The first-order chi connectivity index (χ1) is 4.73. The molecule has 0 aromatic rings. The van der Waals surface area contributed by atoms with Gasteiger partial charge in [0.1, 0.15) is 5.72 Å². The molecule has 0 N–H and O–H groups in total. The van der Waals surface area contributed by atoms with Crippen molar-refractivity contribution in [3.8, 4) is 0 Å². The van der Waals surface area contributed by atoms with Crippen LogP contribution in [0.2, 0.25) is 0 Å². The molecule has 3 heteroatoms. The number of hydrogen-bond acceptors (Lipinski definition) is 3. The fourth-order valence-electron chi connectivity index (χ4n) is 1.82. The highest BCUT2D eigenvalue weighted by Gasteiger charge is 2.48. The molecule has 0 aromatic heterocycles. The highest BCUT2D eigenvalue weighted by molar-refractivity contribution is 4.97. The Bertz CT molecular complexity index is 143. The largest absolute Gasteiger partial charge is 0.356 e. The lowest BCUT2D eigenvalue weighted by molar-refractivity contribution is -0.164. The summed E-state index contributed by atoms with van der Waals surface area (Å²) in [4.78, 5) is 4.59.